The van der Waals surface area contributed by atoms with Crippen LogP contribution in [0.2, 0.25) is 0 Å². The summed E-state index contributed by atoms with van der Waals surface area (Å²) < 4.78 is 5.91. The fourth-order valence-electron chi connectivity index (χ4n) is 2.33. The Balaban J connectivity index is 2.70. The van der Waals surface area contributed by atoms with E-state index >= 15 is 0 Å². The Bertz CT molecular complexity index is 523. The number of ether oxygens (including phenoxy) is 1. The molecule has 1 aromatic carbocycles. The zero-order valence-electron chi connectivity index (χ0n) is 15.3. The Morgan fingerprint density at radius 3 is 2.52 bits per heavy atom. The van der Waals surface area contributed by atoms with E-state index < -0.39 is 6.10 Å². The van der Waals surface area contributed by atoms with Crippen LogP contribution < -0.4 is 10.1 Å². The molecule has 1 aromatic rings. The van der Waals surface area contributed by atoms with Gasteiger partial charge in [-0.1, -0.05) is 39.8 Å². The molecular weight excluding hydrogens is 290 g/mol. The number of aliphatic hydroxyl groups is 1. The van der Waals surface area contributed by atoms with Gasteiger partial charge in [0.1, 0.15) is 5.75 Å². The SMILES string of the molecule is Cc1ccc(C(C)C)c(OC(C)C(=O)NCC(C)(C)CCO)c1. The first-order valence-electron chi connectivity index (χ1n) is 8.32. The van der Waals surface area contributed by atoms with Crippen molar-refractivity contribution in [3.8, 4) is 5.75 Å². The Morgan fingerprint density at radius 2 is 1.96 bits per heavy atom. The predicted molar refractivity (Wildman–Crippen MR) is 93.9 cm³/mol. The van der Waals surface area contributed by atoms with Crippen molar-refractivity contribution in [2.75, 3.05) is 13.2 Å². The van der Waals surface area contributed by atoms with Crippen LogP contribution in [0.4, 0.5) is 0 Å². The molecule has 2 N–H and O–H groups in total. The highest BCUT2D eigenvalue weighted by atomic mass is 16.5. The number of benzene rings is 1. The van der Waals surface area contributed by atoms with Crippen LogP contribution in [0.15, 0.2) is 18.2 Å². The molecule has 0 aliphatic rings. The van der Waals surface area contributed by atoms with Crippen molar-refractivity contribution in [1.29, 1.82) is 0 Å². The minimum absolute atomic E-state index is 0.121. The number of aliphatic hydroxyl groups excluding tert-OH is 1. The van der Waals surface area contributed by atoms with Gasteiger partial charge < -0.3 is 15.2 Å². The average Bonchev–Trinajstić information content (AvgIpc) is 2.44. The number of amides is 1. The lowest BCUT2D eigenvalue weighted by Gasteiger charge is -2.25. The highest BCUT2D eigenvalue weighted by Gasteiger charge is 2.22. The van der Waals surface area contributed by atoms with Crippen molar-refractivity contribution in [1.82, 2.24) is 5.32 Å². The molecule has 1 unspecified atom stereocenters. The number of hydrogen-bond acceptors (Lipinski definition) is 3. The molecule has 0 spiro atoms. The van der Waals surface area contributed by atoms with Crippen LogP contribution in [0.1, 0.15) is 58.1 Å². The maximum absolute atomic E-state index is 12.3. The number of rotatable bonds is 8. The van der Waals surface area contributed by atoms with E-state index in [4.69, 9.17) is 9.84 Å². The lowest BCUT2D eigenvalue weighted by Crippen LogP contribution is -2.41. The summed E-state index contributed by atoms with van der Waals surface area (Å²) in [5.74, 6) is 0.980. The largest absolute Gasteiger partial charge is 0.481 e. The summed E-state index contributed by atoms with van der Waals surface area (Å²) in [4.78, 5) is 12.3. The van der Waals surface area contributed by atoms with Crippen LogP contribution in [-0.4, -0.2) is 30.3 Å². The van der Waals surface area contributed by atoms with E-state index in [0.717, 1.165) is 16.9 Å². The molecule has 0 radical (unpaired) electrons. The summed E-state index contributed by atoms with van der Waals surface area (Å²) in [5, 5.41) is 12.0. The lowest BCUT2D eigenvalue weighted by atomic mass is 9.90. The molecule has 0 fully saturated rings. The number of aryl methyl sites for hydroxylation is 1. The van der Waals surface area contributed by atoms with Crippen molar-refractivity contribution >= 4 is 5.91 Å². The van der Waals surface area contributed by atoms with E-state index in [0.29, 0.717) is 18.9 Å². The zero-order valence-corrected chi connectivity index (χ0v) is 15.3. The molecule has 0 heterocycles. The standard InChI is InChI=1S/C19H31NO3/c1-13(2)16-8-7-14(3)11-17(16)23-15(4)18(22)20-12-19(5,6)9-10-21/h7-8,11,13,15,21H,9-10,12H2,1-6H3,(H,20,22). The number of carbonyl (C=O) groups is 1. The van der Waals surface area contributed by atoms with Crippen molar-refractivity contribution in [3.05, 3.63) is 29.3 Å². The number of hydrogen-bond donors (Lipinski definition) is 2. The predicted octanol–water partition coefficient (Wildman–Crippen LogP) is 3.41. The fourth-order valence-corrected chi connectivity index (χ4v) is 2.33. The van der Waals surface area contributed by atoms with E-state index in [-0.39, 0.29) is 17.9 Å². The first-order valence-corrected chi connectivity index (χ1v) is 8.32. The second-order valence-corrected chi connectivity index (χ2v) is 7.31. The quantitative estimate of drug-likeness (QED) is 0.771. The third-order valence-corrected chi connectivity index (χ3v) is 3.99. The van der Waals surface area contributed by atoms with E-state index in [1.165, 1.54) is 0 Å². The average molecular weight is 321 g/mol. The van der Waals surface area contributed by atoms with Gasteiger partial charge in [-0.25, -0.2) is 0 Å². The maximum atomic E-state index is 12.3. The Kier molecular flexibility index (Phi) is 7.07. The molecule has 0 aliphatic carbocycles. The number of nitrogens with one attached hydrogen (secondary N) is 1. The van der Waals surface area contributed by atoms with Gasteiger partial charge in [0, 0.05) is 13.2 Å². The van der Waals surface area contributed by atoms with Crippen LogP contribution in [0.5, 0.6) is 5.75 Å². The Labute approximate surface area is 140 Å². The smallest absolute Gasteiger partial charge is 0.260 e. The zero-order chi connectivity index (χ0) is 17.6. The third-order valence-electron chi connectivity index (χ3n) is 3.99. The summed E-state index contributed by atoms with van der Waals surface area (Å²) in [5.41, 5.74) is 2.09. The van der Waals surface area contributed by atoms with Gasteiger partial charge in [0.15, 0.2) is 6.10 Å². The molecule has 1 rings (SSSR count). The van der Waals surface area contributed by atoms with E-state index in [1.807, 2.05) is 26.8 Å². The van der Waals surface area contributed by atoms with Crippen LogP contribution in [0.25, 0.3) is 0 Å². The van der Waals surface area contributed by atoms with Crippen molar-refractivity contribution in [2.24, 2.45) is 5.41 Å². The van der Waals surface area contributed by atoms with E-state index in [1.54, 1.807) is 6.92 Å². The van der Waals surface area contributed by atoms with E-state index in [2.05, 4.69) is 31.3 Å². The van der Waals surface area contributed by atoms with Crippen molar-refractivity contribution < 1.29 is 14.6 Å². The van der Waals surface area contributed by atoms with Crippen LogP contribution in [0.3, 0.4) is 0 Å². The molecule has 1 atom stereocenters. The van der Waals surface area contributed by atoms with E-state index in [9.17, 15) is 4.79 Å². The third kappa shape index (κ3) is 6.22. The lowest BCUT2D eigenvalue weighted by molar-refractivity contribution is -0.127. The Hall–Kier alpha value is -1.55. The molecule has 4 nitrogen and oxygen atoms in total. The van der Waals surface area contributed by atoms with Gasteiger partial charge in [-0.3, -0.25) is 4.79 Å². The topological polar surface area (TPSA) is 58.6 Å². The molecule has 0 saturated heterocycles. The van der Waals surface area contributed by atoms with Crippen LogP contribution in [-0.2, 0) is 4.79 Å². The fraction of sp³-hybridized carbons (Fsp3) is 0.632. The normalized spacial score (nSPS) is 13.0. The highest BCUT2D eigenvalue weighted by molar-refractivity contribution is 5.80. The summed E-state index contributed by atoms with van der Waals surface area (Å²) in [6.07, 6.45) is 0.0944. The first-order chi connectivity index (χ1) is 10.7. The molecule has 0 aromatic heterocycles. The second-order valence-electron chi connectivity index (χ2n) is 7.31. The van der Waals surface area contributed by atoms with Gasteiger partial charge >= 0.3 is 0 Å². The molecule has 130 valence electrons. The van der Waals surface area contributed by atoms with Gasteiger partial charge in [0.05, 0.1) is 0 Å². The molecule has 0 bridgehead atoms. The molecule has 1 amide bonds. The summed E-state index contributed by atoms with van der Waals surface area (Å²) in [6, 6.07) is 6.10. The van der Waals surface area contributed by atoms with Crippen LogP contribution >= 0.6 is 0 Å². The van der Waals surface area contributed by atoms with Gasteiger partial charge in [-0.05, 0) is 48.8 Å². The molecule has 4 heteroatoms. The van der Waals surface area contributed by atoms with Gasteiger partial charge in [0.25, 0.3) is 5.91 Å². The van der Waals surface area contributed by atoms with Crippen molar-refractivity contribution in [2.45, 2.75) is 60.0 Å². The monoisotopic (exact) mass is 321 g/mol. The number of carbonyl (C=O) groups excluding carboxylic acids is 1. The molecular formula is C19H31NO3. The maximum Gasteiger partial charge on any atom is 0.260 e. The van der Waals surface area contributed by atoms with Crippen LogP contribution in [0, 0.1) is 12.3 Å². The minimum Gasteiger partial charge on any atom is -0.481 e. The van der Waals surface area contributed by atoms with Crippen molar-refractivity contribution in [3.63, 3.8) is 0 Å². The minimum atomic E-state index is -0.556. The molecule has 0 aliphatic heterocycles. The molecule has 23 heavy (non-hydrogen) atoms. The molecule has 0 saturated carbocycles. The summed E-state index contributed by atoms with van der Waals surface area (Å²) in [6.45, 7) is 12.7. The van der Waals surface area contributed by atoms with Gasteiger partial charge in [-0.2, -0.15) is 0 Å². The highest BCUT2D eigenvalue weighted by Crippen LogP contribution is 2.28. The Morgan fingerprint density at radius 1 is 1.30 bits per heavy atom. The summed E-state index contributed by atoms with van der Waals surface area (Å²) >= 11 is 0. The van der Waals surface area contributed by atoms with Gasteiger partial charge in [-0.15, -0.1) is 0 Å². The first kappa shape index (κ1) is 19.5. The van der Waals surface area contributed by atoms with Gasteiger partial charge in [0.2, 0.25) is 0 Å². The second kappa shape index (κ2) is 8.34. The summed E-state index contributed by atoms with van der Waals surface area (Å²) in [7, 11) is 0.